The van der Waals surface area contributed by atoms with Crippen LogP contribution in [-0.4, -0.2) is 9.97 Å². The molecule has 0 amide bonds. The first-order valence-corrected chi connectivity index (χ1v) is 5.81. The van der Waals surface area contributed by atoms with Gasteiger partial charge < -0.3 is 5.32 Å². The van der Waals surface area contributed by atoms with Crippen molar-refractivity contribution in [1.29, 1.82) is 0 Å². The molecular weight excluding hydrogens is 210 g/mol. The lowest BCUT2D eigenvalue weighted by Crippen LogP contribution is -2.19. The first-order chi connectivity index (χ1) is 8.25. The lowest BCUT2D eigenvalue weighted by atomic mass is 10.1. The summed E-state index contributed by atoms with van der Waals surface area (Å²) >= 11 is 0. The predicted octanol–water partition coefficient (Wildman–Crippen LogP) is 2.64. The fraction of sp³-hybridized carbons (Fsp3) is 0.286. The third kappa shape index (κ3) is 3.36. The maximum atomic E-state index is 4.19. The number of aryl methyl sites for hydroxylation is 1. The third-order valence-electron chi connectivity index (χ3n) is 2.73. The van der Waals surface area contributed by atoms with Crippen molar-refractivity contribution in [3.63, 3.8) is 0 Å². The lowest BCUT2D eigenvalue weighted by Gasteiger charge is -2.14. The van der Waals surface area contributed by atoms with Crippen molar-refractivity contribution in [2.75, 3.05) is 0 Å². The number of hydrogen-bond acceptors (Lipinski definition) is 3. The lowest BCUT2D eigenvalue weighted by molar-refractivity contribution is 0.559. The van der Waals surface area contributed by atoms with Gasteiger partial charge in [0, 0.05) is 18.4 Å². The molecule has 1 atom stereocenters. The molecule has 0 radical (unpaired) electrons. The van der Waals surface area contributed by atoms with Crippen LogP contribution in [0.25, 0.3) is 0 Å². The van der Waals surface area contributed by atoms with Crippen molar-refractivity contribution >= 4 is 0 Å². The zero-order valence-corrected chi connectivity index (χ0v) is 10.2. The maximum Gasteiger partial charge on any atom is 0.141 e. The Hall–Kier alpha value is -1.74. The summed E-state index contributed by atoms with van der Waals surface area (Å²) in [5.74, 6) is 0.826. The molecule has 1 heterocycles. The molecule has 0 aliphatic heterocycles. The van der Waals surface area contributed by atoms with Gasteiger partial charge in [0.25, 0.3) is 0 Å². The minimum Gasteiger partial charge on any atom is -0.303 e. The average molecular weight is 227 g/mol. The number of nitrogens with one attached hydrogen (secondary N) is 1. The predicted molar refractivity (Wildman–Crippen MR) is 68.5 cm³/mol. The van der Waals surface area contributed by atoms with Crippen LogP contribution < -0.4 is 5.32 Å². The highest BCUT2D eigenvalue weighted by atomic mass is 15.0. The second-order valence-corrected chi connectivity index (χ2v) is 4.18. The summed E-state index contributed by atoms with van der Waals surface area (Å²) in [6.07, 6.45) is 3.53. The van der Waals surface area contributed by atoms with Crippen LogP contribution in [0.2, 0.25) is 0 Å². The van der Waals surface area contributed by atoms with Crippen LogP contribution in [0.5, 0.6) is 0 Å². The summed E-state index contributed by atoms with van der Waals surface area (Å²) in [5, 5.41) is 3.42. The Morgan fingerprint density at radius 1 is 1.18 bits per heavy atom. The number of hydrogen-bond donors (Lipinski definition) is 1. The van der Waals surface area contributed by atoms with E-state index >= 15 is 0 Å². The van der Waals surface area contributed by atoms with Crippen molar-refractivity contribution in [3.8, 4) is 0 Å². The molecule has 1 aromatic carbocycles. The monoisotopic (exact) mass is 227 g/mol. The molecule has 2 rings (SSSR count). The Kier molecular flexibility index (Phi) is 3.83. The summed E-state index contributed by atoms with van der Waals surface area (Å²) in [4.78, 5) is 8.38. The van der Waals surface area contributed by atoms with Crippen LogP contribution >= 0.6 is 0 Å². The minimum absolute atomic E-state index is 0.304. The molecule has 0 bridgehead atoms. The van der Waals surface area contributed by atoms with E-state index in [2.05, 4.69) is 53.4 Å². The van der Waals surface area contributed by atoms with Gasteiger partial charge in [0.2, 0.25) is 0 Å². The van der Waals surface area contributed by atoms with E-state index < -0.39 is 0 Å². The van der Waals surface area contributed by atoms with Gasteiger partial charge in [-0.15, -0.1) is 0 Å². The smallest absolute Gasteiger partial charge is 0.141 e. The minimum atomic E-state index is 0.304. The van der Waals surface area contributed by atoms with Gasteiger partial charge in [-0.25, -0.2) is 9.97 Å². The topological polar surface area (TPSA) is 37.8 Å². The van der Waals surface area contributed by atoms with Crippen molar-refractivity contribution < 1.29 is 0 Å². The molecule has 1 N–H and O–H groups in total. The van der Waals surface area contributed by atoms with Gasteiger partial charge in [0.15, 0.2) is 0 Å². The Balaban J connectivity index is 1.96. The zero-order valence-electron chi connectivity index (χ0n) is 10.2. The molecule has 3 nitrogen and oxygen atoms in total. The van der Waals surface area contributed by atoms with Gasteiger partial charge in [0.1, 0.15) is 5.82 Å². The highest BCUT2D eigenvalue weighted by molar-refractivity contribution is 5.24. The molecule has 17 heavy (non-hydrogen) atoms. The molecule has 0 spiro atoms. The average Bonchev–Trinajstić information content (AvgIpc) is 2.37. The second-order valence-electron chi connectivity index (χ2n) is 4.18. The molecule has 0 unspecified atom stereocenters. The molecule has 0 saturated heterocycles. The standard InChI is InChI=1S/C14H17N3/c1-11-5-3-6-13(9-11)12(2)17-10-14-15-7-4-8-16-14/h3-9,12,17H,10H2,1-2H3/t12-/m1/s1. The van der Waals surface area contributed by atoms with Crippen LogP contribution in [-0.2, 0) is 6.54 Å². The Morgan fingerprint density at radius 3 is 2.65 bits per heavy atom. The van der Waals surface area contributed by atoms with Gasteiger partial charge in [-0.3, -0.25) is 0 Å². The van der Waals surface area contributed by atoms with E-state index in [4.69, 9.17) is 0 Å². The molecule has 0 fully saturated rings. The van der Waals surface area contributed by atoms with Crippen LogP contribution in [0.15, 0.2) is 42.7 Å². The highest BCUT2D eigenvalue weighted by Gasteiger charge is 2.05. The quantitative estimate of drug-likeness (QED) is 0.872. The molecule has 88 valence electrons. The van der Waals surface area contributed by atoms with E-state index in [-0.39, 0.29) is 0 Å². The van der Waals surface area contributed by atoms with E-state index in [0.717, 1.165) is 5.82 Å². The summed E-state index contributed by atoms with van der Waals surface area (Å²) < 4.78 is 0. The highest BCUT2D eigenvalue weighted by Crippen LogP contribution is 2.13. The number of rotatable bonds is 4. The number of benzene rings is 1. The van der Waals surface area contributed by atoms with Crippen molar-refractivity contribution in [3.05, 3.63) is 59.7 Å². The maximum absolute atomic E-state index is 4.19. The normalized spacial score (nSPS) is 12.4. The van der Waals surface area contributed by atoms with E-state index in [1.54, 1.807) is 12.4 Å². The van der Waals surface area contributed by atoms with Crippen LogP contribution in [0.4, 0.5) is 0 Å². The molecule has 0 aliphatic rings. The second kappa shape index (κ2) is 5.55. The summed E-state index contributed by atoms with van der Waals surface area (Å²) in [6, 6.07) is 10.7. The fourth-order valence-corrected chi connectivity index (χ4v) is 1.72. The molecular formula is C14H17N3. The van der Waals surface area contributed by atoms with Crippen molar-refractivity contribution in [1.82, 2.24) is 15.3 Å². The Morgan fingerprint density at radius 2 is 1.94 bits per heavy atom. The summed E-state index contributed by atoms with van der Waals surface area (Å²) in [7, 11) is 0. The first kappa shape index (κ1) is 11.7. The van der Waals surface area contributed by atoms with Gasteiger partial charge in [-0.1, -0.05) is 29.8 Å². The fourth-order valence-electron chi connectivity index (χ4n) is 1.72. The van der Waals surface area contributed by atoms with Crippen molar-refractivity contribution in [2.45, 2.75) is 26.4 Å². The number of aromatic nitrogens is 2. The Bertz CT molecular complexity index is 468. The van der Waals surface area contributed by atoms with E-state index in [1.165, 1.54) is 11.1 Å². The van der Waals surface area contributed by atoms with Crippen LogP contribution in [0.3, 0.4) is 0 Å². The Labute approximate surface area is 102 Å². The molecule has 1 aromatic heterocycles. The van der Waals surface area contributed by atoms with Gasteiger partial charge in [0.05, 0.1) is 6.54 Å². The molecule has 0 aliphatic carbocycles. The zero-order chi connectivity index (χ0) is 12.1. The SMILES string of the molecule is Cc1cccc([C@@H](C)NCc2ncccn2)c1. The molecule has 3 heteroatoms. The molecule has 0 saturated carbocycles. The van der Waals surface area contributed by atoms with Crippen molar-refractivity contribution in [2.24, 2.45) is 0 Å². The molecule has 2 aromatic rings. The van der Waals surface area contributed by atoms with Gasteiger partial charge in [-0.2, -0.15) is 0 Å². The van der Waals surface area contributed by atoms with Crippen LogP contribution in [0.1, 0.15) is 29.9 Å². The summed E-state index contributed by atoms with van der Waals surface area (Å²) in [6.45, 7) is 4.95. The third-order valence-corrected chi connectivity index (χ3v) is 2.73. The van der Waals surface area contributed by atoms with Gasteiger partial charge in [-0.05, 0) is 25.5 Å². The van der Waals surface area contributed by atoms with E-state index in [9.17, 15) is 0 Å². The van der Waals surface area contributed by atoms with E-state index in [1.807, 2.05) is 6.07 Å². The largest absolute Gasteiger partial charge is 0.303 e. The van der Waals surface area contributed by atoms with E-state index in [0.29, 0.717) is 12.6 Å². The van der Waals surface area contributed by atoms with Crippen LogP contribution in [0, 0.1) is 6.92 Å². The summed E-state index contributed by atoms with van der Waals surface area (Å²) in [5.41, 5.74) is 2.58. The first-order valence-electron chi connectivity index (χ1n) is 5.81. The van der Waals surface area contributed by atoms with Gasteiger partial charge >= 0.3 is 0 Å². The number of nitrogens with zero attached hydrogens (tertiary/aromatic N) is 2.